The van der Waals surface area contributed by atoms with Crippen LogP contribution in [-0.2, 0) is 16.6 Å². The highest BCUT2D eigenvalue weighted by Crippen LogP contribution is 2.37. The van der Waals surface area contributed by atoms with Crippen molar-refractivity contribution >= 4 is 21.6 Å². The smallest absolute Gasteiger partial charge is 0.242 e. The van der Waals surface area contributed by atoms with E-state index in [0.29, 0.717) is 24.7 Å². The number of halogens is 1. The fraction of sp³-hybridized carbons (Fsp3) is 0.471. The second kappa shape index (κ2) is 7.09. The van der Waals surface area contributed by atoms with E-state index in [1.807, 2.05) is 25.5 Å². The molecule has 1 aliphatic heterocycles. The number of aromatic nitrogens is 2. The lowest BCUT2D eigenvalue weighted by Crippen LogP contribution is -2.28. The van der Waals surface area contributed by atoms with Crippen LogP contribution in [0.25, 0.3) is 0 Å². The number of rotatable bonds is 5. The summed E-state index contributed by atoms with van der Waals surface area (Å²) in [7, 11) is -3.86. The monoisotopic (exact) mass is 399 g/mol. The molecule has 0 saturated heterocycles. The highest BCUT2D eigenvalue weighted by Gasteiger charge is 2.27. The first-order valence-electron chi connectivity index (χ1n) is 8.40. The third-order valence-electron chi connectivity index (χ3n) is 4.39. The highest BCUT2D eigenvalue weighted by atomic mass is 35.5. The van der Waals surface area contributed by atoms with Crippen LogP contribution in [0, 0.1) is 13.8 Å². The number of nitrogens with zero attached hydrogens (tertiary/aromatic N) is 2. The molecule has 1 aliphatic rings. The summed E-state index contributed by atoms with van der Waals surface area (Å²) in [6.45, 7) is 9.09. The van der Waals surface area contributed by atoms with E-state index in [1.165, 1.54) is 12.1 Å². The number of benzene rings is 1. The van der Waals surface area contributed by atoms with Crippen LogP contribution in [-0.4, -0.2) is 31.4 Å². The van der Waals surface area contributed by atoms with Crippen LogP contribution in [0.2, 0.25) is 5.02 Å². The molecule has 0 spiro atoms. The van der Waals surface area contributed by atoms with Gasteiger partial charge in [0.1, 0.15) is 18.1 Å². The normalized spacial score (nSPS) is 15.1. The Morgan fingerprint density at radius 1 is 1.27 bits per heavy atom. The second-order valence-corrected chi connectivity index (χ2v) is 8.26. The zero-order valence-corrected chi connectivity index (χ0v) is 16.7. The molecular formula is C17H22ClN3O4S. The molecule has 0 aliphatic carbocycles. The van der Waals surface area contributed by atoms with E-state index in [-0.39, 0.29) is 9.92 Å². The minimum Gasteiger partial charge on any atom is -0.486 e. The summed E-state index contributed by atoms with van der Waals surface area (Å²) < 4.78 is 41.3. The van der Waals surface area contributed by atoms with Crippen LogP contribution in [0.1, 0.15) is 36.8 Å². The predicted molar refractivity (Wildman–Crippen MR) is 98.6 cm³/mol. The van der Waals surface area contributed by atoms with Crippen molar-refractivity contribution in [2.75, 3.05) is 13.2 Å². The average molecular weight is 400 g/mol. The fourth-order valence-electron chi connectivity index (χ4n) is 3.25. The maximum absolute atomic E-state index is 12.9. The quantitative estimate of drug-likeness (QED) is 0.835. The van der Waals surface area contributed by atoms with Gasteiger partial charge in [-0.25, -0.2) is 13.1 Å². The third-order valence-corrected chi connectivity index (χ3v) is 6.39. The van der Waals surface area contributed by atoms with Gasteiger partial charge < -0.3 is 9.47 Å². The van der Waals surface area contributed by atoms with Crippen molar-refractivity contribution in [1.29, 1.82) is 0 Å². The molecule has 2 heterocycles. The molecule has 9 heteroatoms. The van der Waals surface area contributed by atoms with Crippen LogP contribution < -0.4 is 14.2 Å². The molecule has 0 bridgehead atoms. The summed E-state index contributed by atoms with van der Waals surface area (Å²) in [5.74, 6) is 0.823. The molecule has 3 rings (SSSR count). The Hall–Kier alpha value is -1.77. The minimum atomic E-state index is -3.86. The first kappa shape index (κ1) is 19.0. The Balaban J connectivity index is 1.93. The van der Waals surface area contributed by atoms with Crippen molar-refractivity contribution < 1.29 is 17.9 Å². The molecule has 2 aromatic rings. The number of aryl methyl sites for hydroxylation is 2. The number of nitrogens with one attached hydrogen (secondary N) is 1. The molecule has 7 nitrogen and oxygen atoms in total. The number of fused-ring (bicyclic) bond motifs is 1. The Morgan fingerprint density at radius 3 is 2.46 bits per heavy atom. The Bertz CT molecular complexity index is 940. The van der Waals surface area contributed by atoms with Gasteiger partial charge in [-0.05, 0) is 27.7 Å². The van der Waals surface area contributed by atoms with Gasteiger partial charge in [0.25, 0.3) is 0 Å². The van der Waals surface area contributed by atoms with Crippen LogP contribution in [0.5, 0.6) is 11.5 Å². The molecule has 0 amide bonds. The fourth-order valence-corrected chi connectivity index (χ4v) is 5.00. The zero-order chi connectivity index (χ0) is 19.1. The summed E-state index contributed by atoms with van der Waals surface area (Å²) >= 11 is 6.19. The maximum atomic E-state index is 12.9. The molecule has 1 aromatic carbocycles. The number of hydrogen-bond donors (Lipinski definition) is 1. The van der Waals surface area contributed by atoms with Crippen LogP contribution in [0.3, 0.4) is 0 Å². The topological polar surface area (TPSA) is 82.5 Å². The van der Waals surface area contributed by atoms with E-state index in [4.69, 9.17) is 21.1 Å². The van der Waals surface area contributed by atoms with E-state index in [9.17, 15) is 8.42 Å². The Labute approximate surface area is 158 Å². The Morgan fingerprint density at radius 2 is 1.88 bits per heavy atom. The summed E-state index contributed by atoms with van der Waals surface area (Å²) in [5, 5.41) is 4.54. The number of ether oxygens (including phenoxy) is 2. The summed E-state index contributed by atoms with van der Waals surface area (Å²) in [6.07, 6.45) is 0. The molecule has 1 aromatic heterocycles. The van der Waals surface area contributed by atoms with E-state index in [1.54, 1.807) is 6.92 Å². The zero-order valence-electron chi connectivity index (χ0n) is 15.2. The summed E-state index contributed by atoms with van der Waals surface area (Å²) in [6, 6.07) is 2.42. The van der Waals surface area contributed by atoms with Crippen molar-refractivity contribution in [3.63, 3.8) is 0 Å². The average Bonchev–Trinajstić information content (AvgIpc) is 2.87. The molecular weight excluding hydrogens is 378 g/mol. The summed E-state index contributed by atoms with van der Waals surface area (Å²) in [4.78, 5) is -0.0338. The lowest BCUT2D eigenvalue weighted by Gasteiger charge is -2.21. The van der Waals surface area contributed by atoms with Gasteiger partial charge >= 0.3 is 0 Å². The molecule has 0 saturated carbocycles. The van der Waals surface area contributed by atoms with Crippen molar-refractivity contribution in [2.24, 2.45) is 0 Å². The maximum Gasteiger partial charge on any atom is 0.242 e. The van der Waals surface area contributed by atoms with Gasteiger partial charge in [0, 0.05) is 36.0 Å². The molecule has 0 unspecified atom stereocenters. The van der Waals surface area contributed by atoms with Gasteiger partial charge in [-0.15, -0.1) is 0 Å². The van der Waals surface area contributed by atoms with Gasteiger partial charge in [-0.3, -0.25) is 4.68 Å². The predicted octanol–water partition coefficient (Wildman–Crippen LogP) is 2.98. The summed E-state index contributed by atoms with van der Waals surface area (Å²) in [5.41, 5.74) is 2.60. The SMILES string of the molecule is CCn1nc(C)c([C@@H](C)NS(=O)(=O)c2cc3c(cc2Cl)OCCO3)c1C. The molecule has 26 heavy (non-hydrogen) atoms. The van der Waals surface area contributed by atoms with Gasteiger partial charge in [0.2, 0.25) is 10.0 Å². The van der Waals surface area contributed by atoms with Gasteiger partial charge in [-0.2, -0.15) is 5.10 Å². The van der Waals surface area contributed by atoms with Crippen LogP contribution in [0.4, 0.5) is 0 Å². The molecule has 142 valence electrons. The minimum absolute atomic E-state index is 0.0338. The first-order valence-corrected chi connectivity index (χ1v) is 10.3. The second-order valence-electron chi connectivity index (χ2n) is 6.17. The first-order chi connectivity index (χ1) is 12.2. The van der Waals surface area contributed by atoms with Crippen LogP contribution in [0.15, 0.2) is 17.0 Å². The van der Waals surface area contributed by atoms with Crippen molar-refractivity contribution in [3.05, 3.63) is 34.1 Å². The number of hydrogen-bond acceptors (Lipinski definition) is 5. The van der Waals surface area contributed by atoms with E-state index >= 15 is 0 Å². The van der Waals surface area contributed by atoms with E-state index in [0.717, 1.165) is 23.5 Å². The molecule has 0 radical (unpaired) electrons. The van der Waals surface area contributed by atoms with Crippen LogP contribution >= 0.6 is 11.6 Å². The van der Waals surface area contributed by atoms with Gasteiger partial charge in [0.05, 0.1) is 10.7 Å². The van der Waals surface area contributed by atoms with E-state index in [2.05, 4.69) is 9.82 Å². The highest BCUT2D eigenvalue weighted by molar-refractivity contribution is 7.89. The molecule has 1 atom stereocenters. The van der Waals surface area contributed by atoms with Crippen molar-refractivity contribution in [3.8, 4) is 11.5 Å². The van der Waals surface area contributed by atoms with Gasteiger partial charge in [0.15, 0.2) is 11.5 Å². The third kappa shape index (κ3) is 3.41. The number of sulfonamides is 1. The standard InChI is InChI=1S/C17H22ClN3O4S/c1-5-21-12(4)17(10(2)19-21)11(3)20-26(22,23)16-9-15-14(8-13(16)18)24-6-7-25-15/h8-9,11,20H,5-7H2,1-4H3/t11-/m1/s1. The van der Waals surface area contributed by atoms with E-state index < -0.39 is 16.1 Å². The van der Waals surface area contributed by atoms with Crippen molar-refractivity contribution in [1.82, 2.24) is 14.5 Å². The lowest BCUT2D eigenvalue weighted by molar-refractivity contribution is 0.171. The lowest BCUT2D eigenvalue weighted by atomic mass is 10.1. The Kier molecular flexibility index (Phi) is 5.18. The van der Waals surface area contributed by atoms with Crippen molar-refractivity contribution in [2.45, 2.75) is 45.2 Å². The molecule has 1 N–H and O–H groups in total. The molecule has 0 fully saturated rings. The van der Waals surface area contributed by atoms with Gasteiger partial charge in [-0.1, -0.05) is 11.6 Å². The largest absolute Gasteiger partial charge is 0.486 e.